The first kappa shape index (κ1) is 23.4. The van der Waals surface area contributed by atoms with Crippen LogP contribution < -0.4 is 0 Å². The number of hydrogen-bond donors (Lipinski definition) is 0. The van der Waals surface area contributed by atoms with Gasteiger partial charge in [-0.25, -0.2) is 19.6 Å². The molecule has 1 unspecified atom stereocenters. The van der Waals surface area contributed by atoms with Crippen molar-refractivity contribution >= 4 is 19.7 Å². The van der Waals surface area contributed by atoms with Gasteiger partial charge in [0.05, 0.1) is 24.2 Å². The molecule has 3 aromatic rings. The van der Waals surface area contributed by atoms with Crippen molar-refractivity contribution in [3.8, 4) is 0 Å². The van der Waals surface area contributed by atoms with Crippen molar-refractivity contribution < 1.29 is 18.5 Å². The number of benzene rings is 1. The summed E-state index contributed by atoms with van der Waals surface area (Å²) in [6, 6.07) is 10.8. The lowest BCUT2D eigenvalue weighted by atomic mass is 9.87. The summed E-state index contributed by atoms with van der Waals surface area (Å²) in [7, 11) is 0.446. The molecule has 0 bridgehead atoms. The second-order valence-corrected chi connectivity index (χ2v) is 11.0. The molecule has 3 aliphatic rings. The average Bonchev–Trinajstić information content (AvgIpc) is 3.64. The number of ether oxygens (including phenoxy) is 2. The molecule has 0 N–H and O–H groups in total. The fraction of sp³-hybridized carbons (Fsp3) is 0.560. The number of hydrogen-bond acceptors (Lipinski definition) is 8. The largest absolute Gasteiger partial charge is 0.374 e. The van der Waals surface area contributed by atoms with E-state index in [1.54, 1.807) is 19.8 Å². The molecule has 10 heteroatoms. The van der Waals surface area contributed by atoms with Crippen molar-refractivity contribution in [3.63, 3.8) is 0 Å². The molecule has 0 amide bonds. The van der Waals surface area contributed by atoms with Crippen LogP contribution in [0.2, 0.25) is 0 Å². The van der Waals surface area contributed by atoms with Crippen LogP contribution in [0.5, 0.6) is 0 Å². The molecule has 5 heterocycles. The number of aryl methyl sites for hydroxylation is 1. The van der Waals surface area contributed by atoms with Crippen molar-refractivity contribution in [2.45, 2.75) is 76.2 Å². The van der Waals surface area contributed by atoms with Gasteiger partial charge in [-0.05, 0) is 38.7 Å². The Kier molecular flexibility index (Phi) is 6.11. The molecular weight excluding hydrogens is 465 g/mol. The maximum atomic E-state index is 6.83. The highest BCUT2D eigenvalue weighted by Gasteiger charge is 2.57. The molecule has 0 aliphatic carbocycles. The molecular formula is C25H32N5O4P. The minimum Gasteiger partial charge on any atom is -0.374 e. The Morgan fingerprint density at radius 1 is 1.17 bits per heavy atom. The Hall–Kier alpha value is -2.00. The highest BCUT2D eigenvalue weighted by atomic mass is 31.2. The number of fused-ring (bicyclic) bond motifs is 2. The lowest BCUT2D eigenvalue weighted by Gasteiger charge is -2.29. The van der Waals surface area contributed by atoms with Crippen molar-refractivity contribution in [1.29, 1.82) is 0 Å². The summed E-state index contributed by atoms with van der Waals surface area (Å²) in [6.45, 7) is 7.23. The first-order valence-corrected chi connectivity index (χ1v) is 13.5. The van der Waals surface area contributed by atoms with Crippen LogP contribution >= 0.6 is 8.53 Å². The van der Waals surface area contributed by atoms with E-state index in [2.05, 4.69) is 57.7 Å². The second kappa shape index (κ2) is 9.14. The van der Waals surface area contributed by atoms with E-state index in [-0.39, 0.29) is 18.3 Å². The molecule has 3 saturated heterocycles. The topological polar surface area (TPSA) is 83.8 Å². The van der Waals surface area contributed by atoms with Gasteiger partial charge in [0, 0.05) is 13.7 Å². The van der Waals surface area contributed by atoms with E-state index in [4.69, 9.17) is 18.5 Å². The highest BCUT2D eigenvalue weighted by Crippen LogP contribution is 2.64. The van der Waals surface area contributed by atoms with E-state index >= 15 is 0 Å². The number of rotatable bonds is 6. The lowest BCUT2D eigenvalue weighted by Crippen LogP contribution is -2.37. The molecule has 9 nitrogen and oxygen atoms in total. The molecule has 186 valence electrons. The minimum atomic E-state index is -1.27. The molecule has 6 rings (SSSR count). The quantitative estimate of drug-likeness (QED) is 0.461. The Labute approximate surface area is 206 Å². The first-order chi connectivity index (χ1) is 17.0. The molecule has 0 spiro atoms. The van der Waals surface area contributed by atoms with Gasteiger partial charge in [-0.1, -0.05) is 37.3 Å². The van der Waals surface area contributed by atoms with Crippen LogP contribution in [0.4, 0.5) is 0 Å². The molecule has 0 saturated carbocycles. The molecule has 3 fully saturated rings. The zero-order chi connectivity index (χ0) is 24.2. The standard InChI is InChI=1S/C25H32N5O4P/c1-5-18-21(22(31-4)24(32-18)29-15-28-20-16(2)26-14-27-23(20)29)33-35-30-13-9-12-19(30)25(3,34-35)17-10-7-6-8-11-17/h6-8,10-11,14-15,18-19,21-22,24H,5,9,12-13H2,1-4H3/t18-,19-,21+,22?,24-,25+,35-/m1/s1. The smallest absolute Gasteiger partial charge is 0.260 e. The zero-order valence-corrected chi connectivity index (χ0v) is 21.5. The SMILES string of the molecule is CC[C@H]1O[C@@H](n2cnc3c(C)ncnc32)C(OC)[C@H]1O[P@]1O[C@@](C)(c2ccccc2)[C@H]2CCCN21. The van der Waals surface area contributed by atoms with Crippen molar-refractivity contribution in [2.75, 3.05) is 13.7 Å². The van der Waals surface area contributed by atoms with Crippen LogP contribution in [0.15, 0.2) is 43.0 Å². The summed E-state index contributed by atoms with van der Waals surface area (Å²) in [5.74, 6) is 0. The normalized spacial score (nSPS) is 35.2. The van der Waals surface area contributed by atoms with Crippen LogP contribution in [0.1, 0.15) is 50.6 Å². The summed E-state index contributed by atoms with van der Waals surface area (Å²) in [5, 5.41) is 0. The molecule has 7 atom stereocenters. The third-order valence-corrected chi connectivity index (χ3v) is 9.53. The first-order valence-electron chi connectivity index (χ1n) is 12.4. The Morgan fingerprint density at radius 2 is 2.00 bits per heavy atom. The van der Waals surface area contributed by atoms with Gasteiger partial charge in [0.25, 0.3) is 8.53 Å². The fourth-order valence-corrected chi connectivity index (χ4v) is 7.93. The van der Waals surface area contributed by atoms with E-state index in [9.17, 15) is 0 Å². The fourth-order valence-electron chi connectivity index (χ4n) is 5.78. The maximum absolute atomic E-state index is 6.83. The van der Waals surface area contributed by atoms with Gasteiger partial charge in [-0.3, -0.25) is 4.57 Å². The zero-order valence-electron chi connectivity index (χ0n) is 20.6. The monoisotopic (exact) mass is 497 g/mol. The van der Waals surface area contributed by atoms with Gasteiger partial charge < -0.3 is 18.5 Å². The number of nitrogens with zero attached hydrogens (tertiary/aromatic N) is 5. The third kappa shape index (κ3) is 3.72. The summed E-state index contributed by atoms with van der Waals surface area (Å²) in [5.41, 5.74) is 3.14. The van der Waals surface area contributed by atoms with Gasteiger partial charge in [-0.15, -0.1) is 0 Å². The van der Waals surface area contributed by atoms with Crippen molar-refractivity contribution in [3.05, 3.63) is 54.2 Å². The van der Waals surface area contributed by atoms with E-state index in [1.807, 2.05) is 17.6 Å². The summed E-state index contributed by atoms with van der Waals surface area (Å²) in [4.78, 5) is 13.3. The van der Waals surface area contributed by atoms with E-state index in [1.165, 1.54) is 5.56 Å². The predicted molar refractivity (Wildman–Crippen MR) is 131 cm³/mol. The number of imidazole rings is 1. The van der Waals surface area contributed by atoms with Gasteiger partial charge in [0.1, 0.15) is 29.7 Å². The van der Waals surface area contributed by atoms with E-state index in [0.29, 0.717) is 6.04 Å². The van der Waals surface area contributed by atoms with E-state index in [0.717, 1.165) is 42.7 Å². The van der Waals surface area contributed by atoms with Crippen LogP contribution in [0.3, 0.4) is 0 Å². The Morgan fingerprint density at radius 3 is 2.77 bits per heavy atom. The molecule has 3 aliphatic heterocycles. The van der Waals surface area contributed by atoms with Gasteiger partial charge >= 0.3 is 0 Å². The van der Waals surface area contributed by atoms with Crippen LogP contribution in [0, 0.1) is 6.92 Å². The van der Waals surface area contributed by atoms with E-state index < -0.39 is 20.4 Å². The number of methoxy groups -OCH3 is 1. The number of aromatic nitrogens is 4. The predicted octanol–water partition coefficient (Wildman–Crippen LogP) is 4.48. The summed E-state index contributed by atoms with van der Waals surface area (Å²) < 4.78 is 30.5. The minimum absolute atomic E-state index is 0.138. The third-order valence-electron chi connectivity index (χ3n) is 7.67. The summed E-state index contributed by atoms with van der Waals surface area (Å²) >= 11 is 0. The summed E-state index contributed by atoms with van der Waals surface area (Å²) in [6.07, 6.45) is 5.22. The van der Waals surface area contributed by atoms with Gasteiger partial charge in [0.2, 0.25) is 0 Å². The van der Waals surface area contributed by atoms with Gasteiger partial charge in [0.15, 0.2) is 11.9 Å². The average molecular weight is 498 g/mol. The molecule has 0 radical (unpaired) electrons. The van der Waals surface area contributed by atoms with Crippen molar-refractivity contribution in [1.82, 2.24) is 24.2 Å². The van der Waals surface area contributed by atoms with Crippen LogP contribution in [0.25, 0.3) is 11.2 Å². The van der Waals surface area contributed by atoms with Crippen molar-refractivity contribution in [2.24, 2.45) is 0 Å². The van der Waals surface area contributed by atoms with Crippen LogP contribution in [-0.2, 0) is 24.1 Å². The molecule has 1 aromatic carbocycles. The highest BCUT2D eigenvalue weighted by molar-refractivity contribution is 7.45. The second-order valence-electron chi connectivity index (χ2n) is 9.65. The maximum Gasteiger partial charge on any atom is 0.260 e. The van der Waals surface area contributed by atoms with Crippen LogP contribution in [-0.4, -0.2) is 62.2 Å². The molecule has 35 heavy (non-hydrogen) atoms. The Balaban J connectivity index is 1.30. The molecule has 2 aromatic heterocycles. The lowest BCUT2D eigenvalue weighted by molar-refractivity contribution is -0.0494. The Bertz CT molecular complexity index is 1200. The van der Waals surface area contributed by atoms with Gasteiger partial charge in [-0.2, -0.15) is 0 Å².